The largest absolute Gasteiger partial charge is 0.0877 e. The highest BCUT2D eigenvalue weighted by molar-refractivity contribution is 5.30. The minimum absolute atomic E-state index is 1.32. The van der Waals surface area contributed by atoms with E-state index in [4.69, 9.17) is 0 Å². The van der Waals surface area contributed by atoms with Crippen molar-refractivity contribution in [1.29, 1.82) is 0 Å². The third-order valence-electron chi connectivity index (χ3n) is 1.82. The monoisotopic (exact) mass is 162 g/mol. The summed E-state index contributed by atoms with van der Waals surface area (Å²) in [5.74, 6) is 0. The summed E-state index contributed by atoms with van der Waals surface area (Å²) in [6, 6.07) is 0. The molecule has 0 heterocycles. The van der Waals surface area contributed by atoms with E-state index in [2.05, 4.69) is 39.0 Å². The van der Waals surface area contributed by atoms with E-state index in [-0.39, 0.29) is 0 Å². The van der Waals surface area contributed by atoms with Gasteiger partial charge in [-0.25, -0.2) is 0 Å². The van der Waals surface area contributed by atoms with E-state index in [1.807, 2.05) is 25.2 Å². The molecule has 0 aromatic rings. The van der Waals surface area contributed by atoms with Gasteiger partial charge in [0.25, 0.3) is 0 Å². The van der Waals surface area contributed by atoms with Gasteiger partial charge in [0.2, 0.25) is 0 Å². The maximum absolute atomic E-state index is 2.12. The molecule has 0 saturated carbocycles. The molecule has 0 nitrogen and oxygen atoms in total. The van der Waals surface area contributed by atoms with Crippen molar-refractivity contribution >= 4 is 0 Å². The van der Waals surface area contributed by atoms with Crippen molar-refractivity contribution in [2.24, 2.45) is 0 Å². The summed E-state index contributed by atoms with van der Waals surface area (Å²) in [5, 5.41) is 0. The van der Waals surface area contributed by atoms with Crippen LogP contribution in [0.2, 0.25) is 0 Å². The fourth-order valence-electron chi connectivity index (χ4n) is 0.734. The van der Waals surface area contributed by atoms with Gasteiger partial charge in [0, 0.05) is 0 Å². The number of hydrogen-bond donors (Lipinski definition) is 0. The van der Waals surface area contributed by atoms with Crippen LogP contribution in [0.5, 0.6) is 0 Å². The van der Waals surface area contributed by atoms with E-state index in [0.717, 1.165) is 0 Å². The fourth-order valence-corrected chi connectivity index (χ4v) is 0.734. The average Bonchev–Trinajstić information content (AvgIpc) is 2.10. The first-order valence-electron chi connectivity index (χ1n) is 4.32. The first-order valence-corrected chi connectivity index (χ1v) is 4.32. The normalized spacial score (nSPS) is 15.0. The van der Waals surface area contributed by atoms with Crippen LogP contribution in [-0.2, 0) is 0 Å². The van der Waals surface area contributed by atoms with E-state index in [9.17, 15) is 0 Å². The SMILES string of the molecule is C\C=C(C)/C(C)=C/C=C\C=C\C. The highest BCUT2D eigenvalue weighted by Crippen LogP contribution is 2.06. The van der Waals surface area contributed by atoms with Crippen molar-refractivity contribution in [3.8, 4) is 0 Å². The molecule has 0 rings (SSSR count). The topological polar surface area (TPSA) is 0 Å². The van der Waals surface area contributed by atoms with E-state index in [1.165, 1.54) is 11.1 Å². The van der Waals surface area contributed by atoms with E-state index in [1.54, 1.807) is 0 Å². The van der Waals surface area contributed by atoms with Gasteiger partial charge >= 0.3 is 0 Å². The minimum atomic E-state index is 1.32. The Balaban J connectivity index is 4.18. The second-order valence-electron chi connectivity index (χ2n) is 2.73. The Kier molecular flexibility index (Phi) is 6.08. The summed E-state index contributed by atoms with van der Waals surface area (Å²) in [6.45, 7) is 8.31. The molecule has 12 heavy (non-hydrogen) atoms. The zero-order valence-electron chi connectivity index (χ0n) is 8.46. The summed E-state index contributed by atoms with van der Waals surface area (Å²) < 4.78 is 0. The van der Waals surface area contributed by atoms with Crippen LogP contribution in [0.15, 0.2) is 47.6 Å². The Morgan fingerprint density at radius 1 is 0.833 bits per heavy atom. The van der Waals surface area contributed by atoms with Crippen LogP contribution in [0.4, 0.5) is 0 Å². The third kappa shape index (κ3) is 4.73. The lowest BCUT2D eigenvalue weighted by Gasteiger charge is -1.96. The molecular weight excluding hydrogens is 144 g/mol. The molecule has 0 fully saturated rings. The average molecular weight is 162 g/mol. The zero-order valence-corrected chi connectivity index (χ0v) is 8.46. The third-order valence-corrected chi connectivity index (χ3v) is 1.82. The first-order chi connectivity index (χ1) is 5.72. The van der Waals surface area contributed by atoms with Crippen LogP contribution in [0.25, 0.3) is 0 Å². The lowest BCUT2D eigenvalue weighted by atomic mass is 10.1. The molecule has 0 heteroatoms. The predicted molar refractivity (Wildman–Crippen MR) is 57.1 cm³/mol. The summed E-state index contributed by atoms with van der Waals surface area (Å²) >= 11 is 0. The number of allylic oxidation sites excluding steroid dienone is 8. The van der Waals surface area contributed by atoms with Gasteiger partial charge in [0.05, 0.1) is 0 Å². The van der Waals surface area contributed by atoms with Gasteiger partial charge in [0.15, 0.2) is 0 Å². The van der Waals surface area contributed by atoms with E-state index in [0.29, 0.717) is 0 Å². The predicted octanol–water partition coefficient (Wildman–Crippen LogP) is 4.03. The molecule has 0 aliphatic carbocycles. The van der Waals surface area contributed by atoms with Crippen LogP contribution in [0.1, 0.15) is 27.7 Å². The van der Waals surface area contributed by atoms with Gasteiger partial charge in [-0.15, -0.1) is 0 Å². The Morgan fingerprint density at radius 2 is 1.50 bits per heavy atom. The molecule has 0 saturated heterocycles. The standard InChI is InChI=1S/C12H18/c1-5-7-8-9-10-12(4)11(3)6-2/h5-10H,1-4H3/b7-5+,9-8-,11-6-,12-10+. The molecule has 0 N–H and O–H groups in total. The van der Waals surface area contributed by atoms with Gasteiger partial charge in [0.1, 0.15) is 0 Å². The number of rotatable bonds is 3. The first kappa shape index (κ1) is 11.0. The molecule has 0 unspecified atom stereocenters. The molecule has 0 aliphatic rings. The molecule has 66 valence electrons. The van der Waals surface area contributed by atoms with Crippen molar-refractivity contribution < 1.29 is 0 Å². The van der Waals surface area contributed by atoms with Crippen LogP contribution in [-0.4, -0.2) is 0 Å². The highest BCUT2D eigenvalue weighted by Gasteiger charge is 1.86. The van der Waals surface area contributed by atoms with Crippen molar-refractivity contribution in [1.82, 2.24) is 0 Å². The van der Waals surface area contributed by atoms with Crippen LogP contribution in [0, 0.1) is 0 Å². The van der Waals surface area contributed by atoms with Gasteiger partial charge in [-0.2, -0.15) is 0 Å². The van der Waals surface area contributed by atoms with Gasteiger partial charge in [-0.05, 0) is 33.3 Å². The quantitative estimate of drug-likeness (QED) is 0.549. The Hall–Kier alpha value is -1.04. The van der Waals surface area contributed by atoms with E-state index >= 15 is 0 Å². The van der Waals surface area contributed by atoms with Crippen molar-refractivity contribution in [3.05, 3.63) is 47.6 Å². The maximum atomic E-state index is 2.12. The van der Waals surface area contributed by atoms with Gasteiger partial charge < -0.3 is 0 Å². The lowest BCUT2D eigenvalue weighted by Crippen LogP contribution is -1.75. The van der Waals surface area contributed by atoms with Crippen LogP contribution < -0.4 is 0 Å². The van der Waals surface area contributed by atoms with Crippen molar-refractivity contribution in [2.75, 3.05) is 0 Å². The Bertz CT molecular complexity index is 224. The molecule has 0 spiro atoms. The highest BCUT2D eigenvalue weighted by atomic mass is 13.9. The minimum Gasteiger partial charge on any atom is -0.0877 e. The molecule has 0 aromatic carbocycles. The molecular formula is C12H18. The van der Waals surface area contributed by atoms with Gasteiger partial charge in [-0.1, -0.05) is 42.0 Å². The lowest BCUT2D eigenvalue weighted by molar-refractivity contribution is 1.33. The van der Waals surface area contributed by atoms with Crippen LogP contribution in [0.3, 0.4) is 0 Å². The van der Waals surface area contributed by atoms with E-state index < -0.39 is 0 Å². The van der Waals surface area contributed by atoms with Crippen molar-refractivity contribution in [2.45, 2.75) is 27.7 Å². The summed E-state index contributed by atoms with van der Waals surface area (Å²) in [4.78, 5) is 0. The summed E-state index contributed by atoms with van der Waals surface area (Å²) in [6.07, 6.45) is 12.4. The zero-order chi connectivity index (χ0) is 9.40. The molecule has 0 atom stereocenters. The Morgan fingerprint density at radius 3 is 2.00 bits per heavy atom. The second-order valence-corrected chi connectivity index (χ2v) is 2.73. The Labute approximate surface area is 76.0 Å². The molecule has 0 aromatic heterocycles. The molecule has 0 radical (unpaired) electrons. The van der Waals surface area contributed by atoms with Crippen LogP contribution >= 0.6 is 0 Å². The summed E-state index contributed by atoms with van der Waals surface area (Å²) in [5.41, 5.74) is 2.65. The molecule has 0 amide bonds. The fraction of sp³-hybridized carbons (Fsp3) is 0.333. The smallest absolute Gasteiger partial charge is 0.0395 e. The van der Waals surface area contributed by atoms with Gasteiger partial charge in [-0.3, -0.25) is 0 Å². The molecule has 0 bridgehead atoms. The summed E-state index contributed by atoms with van der Waals surface area (Å²) in [7, 11) is 0. The second kappa shape index (κ2) is 6.66. The van der Waals surface area contributed by atoms with Crippen molar-refractivity contribution in [3.63, 3.8) is 0 Å². The number of hydrogen-bond acceptors (Lipinski definition) is 0. The molecule has 0 aliphatic heterocycles. The maximum Gasteiger partial charge on any atom is -0.0395 e.